The quantitative estimate of drug-likeness (QED) is 0.733. The maximum atomic E-state index is 11.4. The SMILES string of the molecule is CCCC=C(c1ccc(C(=O)OC)cc1)C(C)(C)C. The van der Waals surface area contributed by atoms with Crippen LogP contribution < -0.4 is 0 Å². The van der Waals surface area contributed by atoms with Crippen molar-refractivity contribution >= 4 is 11.5 Å². The molecule has 104 valence electrons. The number of benzene rings is 1. The summed E-state index contributed by atoms with van der Waals surface area (Å²) in [7, 11) is 1.40. The van der Waals surface area contributed by atoms with Crippen molar-refractivity contribution in [3.63, 3.8) is 0 Å². The summed E-state index contributed by atoms with van der Waals surface area (Å²) in [6.45, 7) is 8.81. The van der Waals surface area contributed by atoms with Crippen LogP contribution in [-0.4, -0.2) is 13.1 Å². The summed E-state index contributed by atoms with van der Waals surface area (Å²) >= 11 is 0. The van der Waals surface area contributed by atoms with E-state index < -0.39 is 0 Å². The number of ether oxygens (including phenoxy) is 1. The van der Waals surface area contributed by atoms with Gasteiger partial charge in [-0.15, -0.1) is 0 Å². The van der Waals surface area contributed by atoms with Gasteiger partial charge in [-0.3, -0.25) is 0 Å². The predicted octanol–water partition coefficient (Wildman–Crippen LogP) is 4.70. The Bertz CT molecular complexity index is 447. The van der Waals surface area contributed by atoms with Crippen LogP contribution in [0, 0.1) is 5.41 Å². The summed E-state index contributed by atoms with van der Waals surface area (Å²) in [5.74, 6) is -0.290. The molecule has 1 rings (SSSR count). The standard InChI is InChI=1S/C17H24O2/c1-6-7-8-15(17(2,3)4)13-9-11-14(12-10-13)16(18)19-5/h8-12H,6-7H2,1-5H3. The molecule has 0 fully saturated rings. The van der Waals surface area contributed by atoms with E-state index in [4.69, 9.17) is 4.74 Å². The van der Waals surface area contributed by atoms with Gasteiger partial charge in [-0.05, 0) is 35.1 Å². The van der Waals surface area contributed by atoms with Crippen molar-refractivity contribution in [1.82, 2.24) is 0 Å². The van der Waals surface area contributed by atoms with E-state index in [1.807, 2.05) is 24.3 Å². The largest absolute Gasteiger partial charge is 0.465 e. The Morgan fingerprint density at radius 1 is 1.16 bits per heavy atom. The second kappa shape index (κ2) is 6.55. The van der Waals surface area contributed by atoms with E-state index in [0.717, 1.165) is 12.8 Å². The van der Waals surface area contributed by atoms with Crippen LogP contribution in [0.1, 0.15) is 56.5 Å². The minimum Gasteiger partial charge on any atom is -0.465 e. The third kappa shape index (κ3) is 4.23. The monoisotopic (exact) mass is 260 g/mol. The molecule has 0 heterocycles. The van der Waals surface area contributed by atoms with Gasteiger partial charge in [0.25, 0.3) is 0 Å². The number of methoxy groups -OCH3 is 1. The van der Waals surface area contributed by atoms with E-state index in [2.05, 4.69) is 33.8 Å². The van der Waals surface area contributed by atoms with E-state index in [1.54, 1.807) is 0 Å². The fourth-order valence-electron chi connectivity index (χ4n) is 2.05. The highest BCUT2D eigenvalue weighted by Gasteiger charge is 2.18. The number of carbonyl (C=O) groups excluding carboxylic acids is 1. The molecule has 0 bridgehead atoms. The molecule has 1 aromatic carbocycles. The van der Waals surface area contributed by atoms with Gasteiger partial charge >= 0.3 is 5.97 Å². The number of esters is 1. The lowest BCUT2D eigenvalue weighted by Crippen LogP contribution is -2.09. The molecule has 19 heavy (non-hydrogen) atoms. The van der Waals surface area contributed by atoms with E-state index in [9.17, 15) is 4.79 Å². The highest BCUT2D eigenvalue weighted by molar-refractivity contribution is 5.89. The lowest BCUT2D eigenvalue weighted by Gasteiger charge is -2.24. The van der Waals surface area contributed by atoms with Gasteiger partial charge < -0.3 is 4.74 Å². The van der Waals surface area contributed by atoms with Crippen LogP contribution in [0.15, 0.2) is 30.3 Å². The zero-order valence-corrected chi connectivity index (χ0v) is 12.6. The number of hydrogen-bond donors (Lipinski definition) is 0. The van der Waals surface area contributed by atoms with Gasteiger partial charge in [-0.1, -0.05) is 52.3 Å². The molecule has 0 radical (unpaired) electrons. The Morgan fingerprint density at radius 2 is 1.68 bits per heavy atom. The Kier molecular flexibility index (Phi) is 5.34. The molecule has 0 saturated heterocycles. The molecular formula is C17H24O2. The van der Waals surface area contributed by atoms with E-state index in [1.165, 1.54) is 18.2 Å². The molecule has 0 aliphatic heterocycles. The summed E-state index contributed by atoms with van der Waals surface area (Å²) in [6, 6.07) is 7.65. The van der Waals surface area contributed by atoms with Crippen molar-refractivity contribution in [2.45, 2.75) is 40.5 Å². The van der Waals surface area contributed by atoms with Gasteiger partial charge in [-0.25, -0.2) is 4.79 Å². The number of unbranched alkanes of at least 4 members (excludes halogenated alkanes) is 1. The molecule has 1 aromatic rings. The van der Waals surface area contributed by atoms with Crippen LogP contribution in [0.5, 0.6) is 0 Å². The van der Waals surface area contributed by atoms with Crippen molar-refractivity contribution in [3.8, 4) is 0 Å². The Labute approximate surface area is 116 Å². The molecule has 2 nitrogen and oxygen atoms in total. The molecule has 0 unspecified atom stereocenters. The van der Waals surface area contributed by atoms with Crippen molar-refractivity contribution in [2.24, 2.45) is 5.41 Å². The topological polar surface area (TPSA) is 26.3 Å². The smallest absolute Gasteiger partial charge is 0.337 e. The summed E-state index contributed by atoms with van der Waals surface area (Å²) in [6.07, 6.45) is 4.51. The lowest BCUT2D eigenvalue weighted by atomic mass is 9.81. The third-order valence-corrected chi connectivity index (χ3v) is 3.06. The minimum absolute atomic E-state index is 0.0992. The highest BCUT2D eigenvalue weighted by atomic mass is 16.5. The molecule has 0 spiro atoms. The van der Waals surface area contributed by atoms with E-state index in [-0.39, 0.29) is 11.4 Å². The Morgan fingerprint density at radius 3 is 2.11 bits per heavy atom. The van der Waals surface area contributed by atoms with Crippen LogP contribution in [0.25, 0.3) is 5.57 Å². The fraction of sp³-hybridized carbons (Fsp3) is 0.471. The summed E-state index contributed by atoms with van der Waals surface area (Å²) < 4.78 is 4.72. The van der Waals surface area contributed by atoms with Crippen LogP contribution in [0.3, 0.4) is 0 Å². The Balaban J connectivity index is 3.08. The van der Waals surface area contributed by atoms with Crippen LogP contribution in [0.4, 0.5) is 0 Å². The minimum atomic E-state index is -0.290. The summed E-state index contributed by atoms with van der Waals surface area (Å²) in [4.78, 5) is 11.4. The van der Waals surface area contributed by atoms with Gasteiger partial charge in [0.15, 0.2) is 0 Å². The fourth-order valence-corrected chi connectivity index (χ4v) is 2.05. The van der Waals surface area contributed by atoms with Crippen LogP contribution in [-0.2, 0) is 4.74 Å². The van der Waals surface area contributed by atoms with E-state index in [0.29, 0.717) is 5.56 Å². The normalized spacial score (nSPS) is 12.4. The van der Waals surface area contributed by atoms with E-state index >= 15 is 0 Å². The number of allylic oxidation sites excluding steroid dienone is 2. The molecule has 0 N–H and O–H groups in total. The summed E-state index contributed by atoms with van der Waals surface area (Å²) in [5.41, 5.74) is 3.19. The van der Waals surface area contributed by atoms with Gasteiger partial charge in [0.2, 0.25) is 0 Å². The maximum Gasteiger partial charge on any atom is 0.337 e. The molecule has 0 aliphatic rings. The Hall–Kier alpha value is -1.57. The highest BCUT2D eigenvalue weighted by Crippen LogP contribution is 2.34. The van der Waals surface area contributed by atoms with Crippen LogP contribution in [0.2, 0.25) is 0 Å². The third-order valence-electron chi connectivity index (χ3n) is 3.06. The first kappa shape index (κ1) is 15.5. The van der Waals surface area contributed by atoms with Crippen molar-refractivity contribution in [2.75, 3.05) is 7.11 Å². The summed E-state index contributed by atoms with van der Waals surface area (Å²) in [5, 5.41) is 0. The molecule has 0 saturated carbocycles. The lowest BCUT2D eigenvalue weighted by molar-refractivity contribution is 0.0601. The second-order valence-corrected chi connectivity index (χ2v) is 5.73. The molecule has 0 aliphatic carbocycles. The first-order valence-corrected chi connectivity index (χ1v) is 6.79. The molecule has 0 amide bonds. The number of carbonyl (C=O) groups is 1. The predicted molar refractivity (Wildman–Crippen MR) is 80.1 cm³/mol. The second-order valence-electron chi connectivity index (χ2n) is 5.73. The zero-order valence-electron chi connectivity index (χ0n) is 12.6. The average Bonchev–Trinajstić information content (AvgIpc) is 2.37. The van der Waals surface area contributed by atoms with Crippen molar-refractivity contribution < 1.29 is 9.53 Å². The van der Waals surface area contributed by atoms with Gasteiger partial charge in [0.1, 0.15) is 0 Å². The van der Waals surface area contributed by atoms with Crippen molar-refractivity contribution in [3.05, 3.63) is 41.5 Å². The number of rotatable bonds is 4. The zero-order chi connectivity index (χ0) is 14.5. The van der Waals surface area contributed by atoms with Gasteiger partial charge in [0, 0.05) is 0 Å². The average molecular weight is 260 g/mol. The molecule has 0 atom stereocenters. The van der Waals surface area contributed by atoms with Gasteiger partial charge in [-0.2, -0.15) is 0 Å². The molecular weight excluding hydrogens is 236 g/mol. The number of hydrogen-bond acceptors (Lipinski definition) is 2. The first-order valence-electron chi connectivity index (χ1n) is 6.79. The first-order chi connectivity index (χ1) is 8.90. The maximum absolute atomic E-state index is 11.4. The van der Waals surface area contributed by atoms with Crippen molar-refractivity contribution in [1.29, 1.82) is 0 Å². The molecule has 0 aromatic heterocycles. The molecule has 2 heteroatoms. The van der Waals surface area contributed by atoms with Crippen LogP contribution >= 0.6 is 0 Å². The van der Waals surface area contributed by atoms with Gasteiger partial charge in [0.05, 0.1) is 12.7 Å².